The van der Waals surface area contributed by atoms with E-state index >= 15 is 0 Å². The maximum Gasteiger partial charge on any atom is 0.290 e. The molecule has 0 fully saturated rings. The lowest BCUT2D eigenvalue weighted by atomic mass is 10.1. The highest BCUT2D eigenvalue weighted by Gasteiger charge is 2.21. The van der Waals surface area contributed by atoms with Crippen LogP contribution in [0.4, 0.5) is 15.8 Å². The molecule has 2 aromatic heterocycles. The number of aryl methyl sites for hydroxylation is 2. The predicted octanol–water partition coefficient (Wildman–Crippen LogP) is 3.04. The van der Waals surface area contributed by atoms with Crippen LogP contribution in [0.1, 0.15) is 24.5 Å². The first-order chi connectivity index (χ1) is 12.8. The number of amides is 1. The third-order valence-corrected chi connectivity index (χ3v) is 4.16. The van der Waals surface area contributed by atoms with Crippen LogP contribution in [-0.4, -0.2) is 15.7 Å². The molecular formula is C19H19FN4O3. The zero-order valence-electron chi connectivity index (χ0n) is 15.1. The molecule has 0 bridgehead atoms. The van der Waals surface area contributed by atoms with E-state index in [1.165, 1.54) is 31.2 Å². The number of aromatic nitrogens is 2. The van der Waals surface area contributed by atoms with E-state index in [0.29, 0.717) is 22.8 Å². The average Bonchev–Trinajstić information content (AvgIpc) is 2.97. The third kappa shape index (κ3) is 3.59. The summed E-state index contributed by atoms with van der Waals surface area (Å²) < 4.78 is 20.2. The van der Waals surface area contributed by atoms with Crippen molar-refractivity contribution < 1.29 is 13.6 Å². The van der Waals surface area contributed by atoms with Gasteiger partial charge in [0.1, 0.15) is 29.1 Å². The lowest BCUT2D eigenvalue weighted by Crippen LogP contribution is -2.34. The zero-order chi connectivity index (χ0) is 19.7. The highest BCUT2D eigenvalue weighted by atomic mass is 19.1. The van der Waals surface area contributed by atoms with Crippen LogP contribution >= 0.6 is 0 Å². The van der Waals surface area contributed by atoms with Gasteiger partial charge in [0.15, 0.2) is 0 Å². The number of nitrogens with one attached hydrogen (secondary N) is 1. The summed E-state index contributed by atoms with van der Waals surface area (Å²) in [6.45, 7) is 5.05. The lowest BCUT2D eigenvalue weighted by molar-refractivity contribution is -0.119. The number of halogens is 1. The maximum absolute atomic E-state index is 13.8. The monoisotopic (exact) mass is 370 g/mol. The highest BCUT2D eigenvalue weighted by molar-refractivity contribution is 5.93. The Morgan fingerprint density at radius 2 is 2.00 bits per heavy atom. The predicted molar refractivity (Wildman–Crippen MR) is 99.8 cm³/mol. The molecule has 1 aromatic carbocycles. The number of nitrogen functional groups attached to an aromatic ring is 1. The molecule has 3 aromatic rings. The molecule has 0 radical (unpaired) electrons. The fraction of sp³-hybridized carbons (Fsp3) is 0.211. The van der Waals surface area contributed by atoms with Crippen LogP contribution in [0, 0.1) is 19.7 Å². The fourth-order valence-electron chi connectivity index (χ4n) is 2.72. The minimum Gasteiger partial charge on any atom is -0.466 e. The Balaban J connectivity index is 1.98. The first-order valence-electron chi connectivity index (χ1n) is 8.30. The molecule has 0 aliphatic carbocycles. The quantitative estimate of drug-likeness (QED) is 0.735. The standard InChI is InChI=1S/C19H19FN4O3/c1-10-8-13(12(3)27-10)17-9-15(21)19(26)24(23-17)11(2)18(25)22-16-7-5-4-6-14(16)20/h4-9,11H,21H2,1-3H3,(H,22,25). The molecule has 0 spiro atoms. The van der Waals surface area contributed by atoms with Gasteiger partial charge in [-0.15, -0.1) is 0 Å². The van der Waals surface area contributed by atoms with Crippen LogP contribution in [0.5, 0.6) is 0 Å². The second kappa shape index (κ2) is 7.06. The molecular weight excluding hydrogens is 351 g/mol. The summed E-state index contributed by atoms with van der Waals surface area (Å²) in [5.41, 5.74) is 6.28. The van der Waals surface area contributed by atoms with Crippen LogP contribution in [-0.2, 0) is 4.79 Å². The summed E-state index contributed by atoms with van der Waals surface area (Å²) in [4.78, 5) is 24.9. The summed E-state index contributed by atoms with van der Waals surface area (Å²) in [5, 5.41) is 6.73. The van der Waals surface area contributed by atoms with Crippen molar-refractivity contribution in [3.05, 3.63) is 64.1 Å². The van der Waals surface area contributed by atoms with Gasteiger partial charge < -0.3 is 15.5 Å². The average molecular weight is 370 g/mol. The Hall–Kier alpha value is -3.42. The molecule has 140 valence electrons. The van der Waals surface area contributed by atoms with E-state index in [-0.39, 0.29) is 11.4 Å². The molecule has 0 aliphatic rings. The first kappa shape index (κ1) is 18.4. The summed E-state index contributed by atoms with van der Waals surface area (Å²) in [5.74, 6) is 0.140. The normalized spacial score (nSPS) is 12.0. The molecule has 1 amide bonds. The molecule has 8 heteroatoms. The molecule has 3 rings (SSSR count). The number of furan rings is 1. The summed E-state index contributed by atoms with van der Waals surface area (Å²) in [7, 11) is 0. The Kier molecular flexibility index (Phi) is 4.81. The van der Waals surface area contributed by atoms with E-state index in [4.69, 9.17) is 10.2 Å². The third-order valence-electron chi connectivity index (χ3n) is 4.16. The number of nitrogens with two attached hydrogens (primary N) is 1. The van der Waals surface area contributed by atoms with Crippen LogP contribution in [0.2, 0.25) is 0 Å². The van der Waals surface area contributed by atoms with E-state index in [2.05, 4.69) is 10.4 Å². The van der Waals surface area contributed by atoms with Gasteiger partial charge in [0.25, 0.3) is 5.56 Å². The van der Waals surface area contributed by atoms with E-state index in [1.807, 2.05) is 0 Å². The Morgan fingerprint density at radius 3 is 2.63 bits per heavy atom. The van der Waals surface area contributed by atoms with Gasteiger partial charge in [-0.3, -0.25) is 9.59 Å². The van der Waals surface area contributed by atoms with Crippen LogP contribution in [0.15, 0.2) is 45.6 Å². The van der Waals surface area contributed by atoms with E-state index in [9.17, 15) is 14.0 Å². The Morgan fingerprint density at radius 1 is 1.30 bits per heavy atom. The molecule has 27 heavy (non-hydrogen) atoms. The van der Waals surface area contributed by atoms with Crippen molar-refractivity contribution in [1.82, 2.24) is 9.78 Å². The molecule has 2 heterocycles. The van der Waals surface area contributed by atoms with Crippen molar-refractivity contribution >= 4 is 17.3 Å². The summed E-state index contributed by atoms with van der Waals surface area (Å²) in [6, 6.07) is 7.98. The number of hydrogen-bond acceptors (Lipinski definition) is 5. The van der Waals surface area contributed by atoms with Crippen LogP contribution < -0.4 is 16.6 Å². The second-order valence-corrected chi connectivity index (χ2v) is 6.21. The van der Waals surface area contributed by atoms with E-state index in [0.717, 1.165) is 4.68 Å². The highest BCUT2D eigenvalue weighted by Crippen LogP contribution is 2.25. The van der Waals surface area contributed by atoms with Gasteiger partial charge in [0.05, 0.1) is 11.4 Å². The SMILES string of the molecule is Cc1cc(-c2cc(N)c(=O)n(C(C)C(=O)Nc3ccccc3F)n2)c(C)o1. The van der Waals surface area contributed by atoms with Gasteiger partial charge in [-0.25, -0.2) is 9.07 Å². The van der Waals surface area contributed by atoms with Crippen molar-refractivity contribution in [3.63, 3.8) is 0 Å². The van der Waals surface area contributed by atoms with Gasteiger partial charge in [0, 0.05) is 5.56 Å². The van der Waals surface area contributed by atoms with Gasteiger partial charge in [0.2, 0.25) is 5.91 Å². The van der Waals surface area contributed by atoms with Crippen molar-refractivity contribution in [2.45, 2.75) is 26.8 Å². The summed E-state index contributed by atoms with van der Waals surface area (Å²) in [6.07, 6.45) is 0. The smallest absolute Gasteiger partial charge is 0.290 e. The Bertz CT molecular complexity index is 1070. The summed E-state index contributed by atoms with van der Waals surface area (Å²) >= 11 is 0. The van der Waals surface area contributed by atoms with Crippen molar-refractivity contribution in [2.75, 3.05) is 11.1 Å². The maximum atomic E-state index is 13.8. The van der Waals surface area contributed by atoms with Crippen molar-refractivity contribution in [3.8, 4) is 11.3 Å². The molecule has 0 saturated carbocycles. The minimum absolute atomic E-state index is 0.0211. The van der Waals surface area contributed by atoms with E-state index in [1.54, 1.807) is 26.0 Å². The second-order valence-electron chi connectivity index (χ2n) is 6.21. The molecule has 1 unspecified atom stereocenters. The number of rotatable bonds is 4. The topological polar surface area (TPSA) is 103 Å². The fourth-order valence-corrected chi connectivity index (χ4v) is 2.72. The van der Waals surface area contributed by atoms with Crippen LogP contribution in [0.3, 0.4) is 0 Å². The number of nitrogens with zero attached hydrogens (tertiary/aromatic N) is 2. The number of carbonyl (C=O) groups is 1. The molecule has 3 N–H and O–H groups in total. The number of para-hydroxylation sites is 1. The number of anilines is 2. The van der Waals surface area contributed by atoms with Crippen molar-refractivity contribution in [1.29, 1.82) is 0 Å². The zero-order valence-corrected chi connectivity index (χ0v) is 15.1. The Labute approximate surface area is 154 Å². The minimum atomic E-state index is -1.01. The largest absolute Gasteiger partial charge is 0.466 e. The van der Waals surface area contributed by atoms with Gasteiger partial charge >= 0.3 is 0 Å². The van der Waals surface area contributed by atoms with Crippen LogP contribution in [0.25, 0.3) is 11.3 Å². The van der Waals surface area contributed by atoms with E-state index < -0.39 is 23.3 Å². The first-order valence-corrected chi connectivity index (χ1v) is 8.30. The number of benzene rings is 1. The lowest BCUT2D eigenvalue weighted by Gasteiger charge is -2.16. The van der Waals surface area contributed by atoms with Gasteiger partial charge in [-0.1, -0.05) is 12.1 Å². The number of carbonyl (C=O) groups excluding carboxylic acids is 1. The molecule has 0 aliphatic heterocycles. The molecule has 0 saturated heterocycles. The molecule has 1 atom stereocenters. The van der Waals surface area contributed by atoms with Gasteiger partial charge in [-0.2, -0.15) is 5.10 Å². The van der Waals surface area contributed by atoms with Gasteiger partial charge in [-0.05, 0) is 45.0 Å². The van der Waals surface area contributed by atoms with Crippen molar-refractivity contribution in [2.24, 2.45) is 0 Å². The molecule has 7 nitrogen and oxygen atoms in total. The number of hydrogen-bond donors (Lipinski definition) is 2.